The quantitative estimate of drug-likeness (QED) is 0.904. The van der Waals surface area contributed by atoms with E-state index < -0.39 is 5.91 Å². The number of carbonyl (C=O) groups is 2. The first-order valence-corrected chi connectivity index (χ1v) is 6.37. The molecule has 2 aromatic carbocycles. The lowest BCUT2D eigenvalue weighted by Crippen LogP contribution is -2.13. The number of nitrogens with one attached hydrogen (secondary N) is 1. The first-order chi connectivity index (χ1) is 10.0. The van der Waals surface area contributed by atoms with Crippen molar-refractivity contribution in [3.05, 3.63) is 59.2 Å². The van der Waals surface area contributed by atoms with Gasteiger partial charge in [0.05, 0.1) is 7.11 Å². The highest BCUT2D eigenvalue weighted by atomic mass is 16.5. The van der Waals surface area contributed by atoms with E-state index in [0.717, 1.165) is 11.3 Å². The second-order valence-corrected chi connectivity index (χ2v) is 4.58. The predicted molar refractivity (Wildman–Crippen MR) is 80.6 cm³/mol. The molecule has 0 aliphatic rings. The molecule has 0 bridgehead atoms. The van der Waals surface area contributed by atoms with E-state index in [1.54, 1.807) is 49.6 Å². The van der Waals surface area contributed by atoms with E-state index in [1.165, 1.54) is 0 Å². The van der Waals surface area contributed by atoms with Crippen molar-refractivity contribution < 1.29 is 14.3 Å². The van der Waals surface area contributed by atoms with Gasteiger partial charge in [0.25, 0.3) is 5.91 Å². The summed E-state index contributed by atoms with van der Waals surface area (Å²) in [5.41, 5.74) is 7.57. The normalized spacial score (nSPS) is 10.0. The van der Waals surface area contributed by atoms with Gasteiger partial charge in [-0.25, -0.2) is 0 Å². The van der Waals surface area contributed by atoms with Gasteiger partial charge in [0.2, 0.25) is 5.91 Å². The van der Waals surface area contributed by atoms with E-state index in [-0.39, 0.29) is 5.91 Å². The maximum absolute atomic E-state index is 12.1. The lowest BCUT2D eigenvalue weighted by Gasteiger charge is -2.08. The van der Waals surface area contributed by atoms with Gasteiger partial charge in [-0.05, 0) is 55.0 Å². The summed E-state index contributed by atoms with van der Waals surface area (Å²) in [5.74, 6) is 0.00333. The fourth-order valence-corrected chi connectivity index (χ4v) is 1.94. The molecule has 0 aliphatic carbocycles. The van der Waals surface area contributed by atoms with E-state index >= 15 is 0 Å². The van der Waals surface area contributed by atoms with Crippen LogP contribution in [0.1, 0.15) is 26.3 Å². The number of primary amides is 1. The van der Waals surface area contributed by atoms with Crippen LogP contribution in [0.25, 0.3) is 0 Å². The number of hydrogen-bond donors (Lipinski definition) is 2. The minimum absolute atomic E-state index is 0.229. The minimum Gasteiger partial charge on any atom is -0.496 e. The van der Waals surface area contributed by atoms with Gasteiger partial charge in [-0.1, -0.05) is 0 Å². The summed E-state index contributed by atoms with van der Waals surface area (Å²) in [5, 5.41) is 2.76. The number of rotatable bonds is 4. The molecule has 21 heavy (non-hydrogen) atoms. The van der Waals surface area contributed by atoms with Crippen LogP contribution in [0, 0.1) is 6.92 Å². The van der Waals surface area contributed by atoms with Crippen LogP contribution < -0.4 is 15.8 Å². The molecule has 0 heterocycles. The molecular formula is C16H16N2O3. The summed E-state index contributed by atoms with van der Waals surface area (Å²) in [4.78, 5) is 23.1. The van der Waals surface area contributed by atoms with Crippen molar-refractivity contribution in [2.75, 3.05) is 12.4 Å². The van der Waals surface area contributed by atoms with Crippen LogP contribution in [0.4, 0.5) is 5.69 Å². The average molecular weight is 284 g/mol. The summed E-state index contributed by atoms with van der Waals surface area (Å²) in [6, 6.07) is 11.6. The van der Waals surface area contributed by atoms with Gasteiger partial charge < -0.3 is 15.8 Å². The Morgan fingerprint density at radius 3 is 2.19 bits per heavy atom. The van der Waals surface area contributed by atoms with Crippen LogP contribution in [0.3, 0.4) is 0 Å². The summed E-state index contributed by atoms with van der Waals surface area (Å²) in [7, 11) is 1.59. The van der Waals surface area contributed by atoms with Crippen molar-refractivity contribution in [3.8, 4) is 5.75 Å². The standard InChI is InChI=1S/C16H16N2O3/c1-10-9-12(5-8-14(10)21-2)16(20)18-13-6-3-11(4-7-13)15(17)19/h3-9H,1-2H3,(H2,17,19)(H,18,20). The number of amides is 2. The number of methoxy groups -OCH3 is 1. The number of aryl methyl sites for hydroxylation is 1. The van der Waals surface area contributed by atoms with Gasteiger partial charge in [-0.15, -0.1) is 0 Å². The molecule has 0 fully saturated rings. The lowest BCUT2D eigenvalue weighted by molar-refractivity contribution is 0.0998. The highest BCUT2D eigenvalue weighted by Crippen LogP contribution is 2.19. The Hall–Kier alpha value is -2.82. The van der Waals surface area contributed by atoms with E-state index in [0.29, 0.717) is 16.8 Å². The van der Waals surface area contributed by atoms with Crippen molar-refractivity contribution in [1.82, 2.24) is 0 Å². The summed E-state index contributed by atoms with van der Waals surface area (Å²) in [6.45, 7) is 1.87. The van der Waals surface area contributed by atoms with Crippen LogP contribution in [0.2, 0.25) is 0 Å². The largest absolute Gasteiger partial charge is 0.496 e. The maximum atomic E-state index is 12.1. The van der Waals surface area contributed by atoms with Crippen LogP contribution in [0.5, 0.6) is 5.75 Å². The molecule has 0 aromatic heterocycles. The lowest BCUT2D eigenvalue weighted by atomic mass is 10.1. The minimum atomic E-state index is -0.501. The number of nitrogens with two attached hydrogens (primary N) is 1. The average Bonchev–Trinajstić information content (AvgIpc) is 2.47. The molecule has 2 amide bonds. The third-order valence-electron chi connectivity index (χ3n) is 3.08. The third-order valence-corrected chi connectivity index (χ3v) is 3.08. The van der Waals surface area contributed by atoms with Gasteiger partial charge in [0.1, 0.15) is 5.75 Å². The van der Waals surface area contributed by atoms with E-state index in [9.17, 15) is 9.59 Å². The molecule has 108 valence electrons. The Morgan fingerprint density at radius 2 is 1.67 bits per heavy atom. The molecule has 0 aliphatic heterocycles. The topological polar surface area (TPSA) is 81.4 Å². The molecule has 2 aromatic rings. The first kappa shape index (κ1) is 14.6. The molecule has 0 unspecified atom stereocenters. The fourth-order valence-electron chi connectivity index (χ4n) is 1.94. The zero-order valence-electron chi connectivity index (χ0n) is 11.8. The van der Waals surface area contributed by atoms with E-state index in [2.05, 4.69) is 5.32 Å². The molecule has 0 radical (unpaired) electrons. The number of hydrogen-bond acceptors (Lipinski definition) is 3. The van der Waals surface area contributed by atoms with Crippen LogP contribution in [-0.4, -0.2) is 18.9 Å². The summed E-state index contributed by atoms with van der Waals surface area (Å²) < 4.78 is 5.16. The maximum Gasteiger partial charge on any atom is 0.255 e. The molecule has 2 rings (SSSR count). The molecule has 0 spiro atoms. The number of carbonyl (C=O) groups excluding carboxylic acids is 2. The Kier molecular flexibility index (Phi) is 4.23. The second kappa shape index (κ2) is 6.09. The SMILES string of the molecule is COc1ccc(C(=O)Nc2ccc(C(N)=O)cc2)cc1C. The van der Waals surface area contributed by atoms with Crippen molar-refractivity contribution in [1.29, 1.82) is 0 Å². The van der Waals surface area contributed by atoms with Crippen molar-refractivity contribution in [2.24, 2.45) is 5.73 Å². The molecular weight excluding hydrogens is 268 g/mol. The molecule has 0 saturated carbocycles. The monoisotopic (exact) mass is 284 g/mol. The van der Waals surface area contributed by atoms with Crippen molar-refractivity contribution in [2.45, 2.75) is 6.92 Å². The Bertz CT molecular complexity index is 678. The third kappa shape index (κ3) is 3.39. The Balaban J connectivity index is 2.14. The fraction of sp³-hybridized carbons (Fsp3) is 0.125. The number of anilines is 1. The predicted octanol–water partition coefficient (Wildman–Crippen LogP) is 2.35. The molecule has 3 N–H and O–H groups in total. The van der Waals surface area contributed by atoms with E-state index in [4.69, 9.17) is 10.5 Å². The van der Waals surface area contributed by atoms with Crippen LogP contribution >= 0.6 is 0 Å². The zero-order chi connectivity index (χ0) is 15.4. The Morgan fingerprint density at radius 1 is 1.05 bits per heavy atom. The summed E-state index contributed by atoms with van der Waals surface area (Å²) >= 11 is 0. The van der Waals surface area contributed by atoms with Gasteiger partial charge in [-0.2, -0.15) is 0 Å². The molecule has 0 atom stereocenters. The first-order valence-electron chi connectivity index (χ1n) is 6.37. The molecule has 5 nitrogen and oxygen atoms in total. The molecule has 5 heteroatoms. The van der Waals surface area contributed by atoms with Gasteiger partial charge in [0, 0.05) is 16.8 Å². The zero-order valence-corrected chi connectivity index (χ0v) is 11.8. The highest BCUT2D eigenvalue weighted by Gasteiger charge is 2.09. The smallest absolute Gasteiger partial charge is 0.255 e. The number of ether oxygens (including phenoxy) is 1. The van der Waals surface area contributed by atoms with Crippen LogP contribution in [0.15, 0.2) is 42.5 Å². The van der Waals surface area contributed by atoms with E-state index in [1.807, 2.05) is 6.92 Å². The molecule has 0 saturated heterocycles. The highest BCUT2D eigenvalue weighted by molar-refractivity contribution is 6.04. The van der Waals surface area contributed by atoms with Crippen LogP contribution in [-0.2, 0) is 0 Å². The Labute approximate surface area is 122 Å². The van der Waals surface area contributed by atoms with Crippen molar-refractivity contribution >= 4 is 17.5 Å². The second-order valence-electron chi connectivity index (χ2n) is 4.58. The van der Waals surface area contributed by atoms with Gasteiger partial charge in [0.15, 0.2) is 0 Å². The summed E-state index contributed by atoms with van der Waals surface area (Å²) in [6.07, 6.45) is 0. The number of benzene rings is 2. The van der Waals surface area contributed by atoms with Gasteiger partial charge >= 0.3 is 0 Å². The van der Waals surface area contributed by atoms with Gasteiger partial charge in [-0.3, -0.25) is 9.59 Å². The van der Waals surface area contributed by atoms with Crippen molar-refractivity contribution in [3.63, 3.8) is 0 Å².